The van der Waals surface area contributed by atoms with Crippen LogP contribution in [0.5, 0.6) is 0 Å². The quantitative estimate of drug-likeness (QED) is 0.837. The number of carbonyl (C=O) groups is 1. The summed E-state index contributed by atoms with van der Waals surface area (Å²) in [5.74, 6) is -0.0163. The second-order valence-corrected chi connectivity index (χ2v) is 8.68. The molecule has 27 heavy (non-hydrogen) atoms. The van der Waals surface area contributed by atoms with Gasteiger partial charge in [0.05, 0.1) is 10.6 Å². The first-order valence-electron chi connectivity index (χ1n) is 9.42. The van der Waals surface area contributed by atoms with E-state index in [1.807, 2.05) is 24.0 Å². The Labute approximate surface area is 161 Å². The van der Waals surface area contributed by atoms with E-state index < -0.39 is 10.0 Å². The zero-order chi connectivity index (χ0) is 19.4. The maximum absolute atomic E-state index is 12.8. The number of nitrogens with zero attached hydrogens (tertiary/aromatic N) is 1. The molecule has 6 heteroatoms. The van der Waals surface area contributed by atoms with Gasteiger partial charge >= 0.3 is 0 Å². The summed E-state index contributed by atoms with van der Waals surface area (Å²) in [6, 6.07) is 13.7. The summed E-state index contributed by atoms with van der Waals surface area (Å²) in [5.41, 5.74) is 1.94. The van der Waals surface area contributed by atoms with Crippen molar-refractivity contribution >= 4 is 21.6 Å². The number of carbonyl (C=O) groups excluding carboxylic acids is 1. The molecular formula is C21H26N2O3S. The lowest BCUT2D eigenvalue weighted by molar-refractivity contribution is 0.0608. The topological polar surface area (TPSA) is 66.5 Å². The Morgan fingerprint density at radius 2 is 1.81 bits per heavy atom. The van der Waals surface area contributed by atoms with E-state index >= 15 is 0 Å². The largest absolute Gasteiger partial charge is 0.336 e. The van der Waals surface area contributed by atoms with Crippen molar-refractivity contribution < 1.29 is 13.2 Å². The third-order valence-electron chi connectivity index (χ3n) is 5.16. The molecule has 1 amide bonds. The number of hydrogen-bond acceptors (Lipinski definition) is 3. The van der Waals surface area contributed by atoms with E-state index in [0.29, 0.717) is 11.3 Å². The van der Waals surface area contributed by atoms with E-state index in [2.05, 4.69) is 11.6 Å². The van der Waals surface area contributed by atoms with Crippen molar-refractivity contribution in [2.75, 3.05) is 11.3 Å². The Hall–Kier alpha value is -2.34. The number of likely N-dealkylation sites (tertiary alicyclic amines) is 1. The first-order valence-corrected chi connectivity index (χ1v) is 10.9. The van der Waals surface area contributed by atoms with Gasteiger partial charge in [-0.3, -0.25) is 9.52 Å². The van der Waals surface area contributed by atoms with Crippen LogP contribution in [0.2, 0.25) is 0 Å². The summed E-state index contributed by atoms with van der Waals surface area (Å²) >= 11 is 0. The molecule has 1 aliphatic rings. The number of para-hydroxylation sites is 1. The number of anilines is 1. The summed E-state index contributed by atoms with van der Waals surface area (Å²) < 4.78 is 27.9. The SMILES string of the molecule is CCC1CCCCN1C(=O)c1ccc(S(=O)(=O)Nc2ccccc2C)cc1. The fourth-order valence-corrected chi connectivity index (χ4v) is 4.66. The molecule has 1 atom stereocenters. The normalized spacial score (nSPS) is 17.6. The van der Waals surface area contributed by atoms with Gasteiger partial charge in [-0.1, -0.05) is 25.1 Å². The van der Waals surface area contributed by atoms with Gasteiger partial charge < -0.3 is 4.90 Å². The molecular weight excluding hydrogens is 360 g/mol. The molecule has 1 unspecified atom stereocenters. The van der Waals surface area contributed by atoms with Gasteiger partial charge in [0, 0.05) is 18.2 Å². The van der Waals surface area contributed by atoms with E-state index in [0.717, 1.165) is 37.8 Å². The predicted molar refractivity (Wildman–Crippen MR) is 107 cm³/mol. The van der Waals surface area contributed by atoms with Gasteiger partial charge in [-0.25, -0.2) is 8.42 Å². The summed E-state index contributed by atoms with van der Waals surface area (Å²) in [6.07, 6.45) is 4.16. The second-order valence-electron chi connectivity index (χ2n) is 7.00. The van der Waals surface area contributed by atoms with E-state index in [4.69, 9.17) is 0 Å². The smallest absolute Gasteiger partial charge is 0.261 e. The molecule has 0 spiro atoms. The minimum atomic E-state index is -3.69. The Morgan fingerprint density at radius 1 is 1.11 bits per heavy atom. The minimum absolute atomic E-state index is 0.0163. The summed E-state index contributed by atoms with van der Waals surface area (Å²) in [7, 11) is -3.69. The molecule has 1 heterocycles. The highest BCUT2D eigenvalue weighted by Crippen LogP contribution is 2.23. The van der Waals surface area contributed by atoms with Gasteiger partial charge in [-0.15, -0.1) is 0 Å². The van der Waals surface area contributed by atoms with Gasteiger partial charge in [0.25, 0.3) is 15.9 Å². The molecule has 1 fully saturated rings. The van der Waals surface area contributed by atoms with Crippen LogP contribution in [0.15, 0.2) is 53.4 Å². The van der Waals surface area contributed by atoms with Gasteiger partial charge in [-0.05, 0) is 68.5 Å². The van der Waals surface area contributed by atoms with Crippen LogP contribution in [0.25, 0.3) is 0 Å². The van der Waals surface area contributed by atoms with Crippen LogP contribution in [0.3, 0.4) is 0 Å². The average molecular weight is 387 g/mol. The molecule has 5 nitrogen and oxygen atoms in total. The van der Waals surface area contributed by atoms with Crippen LogP contribution < -0.4 is 4.72 Å². The van der Waals surface area contributed by atoms with Crippen molar-refractivity contribution in [2.24, 2.45) is 0 Å². The van der Waals surface area contributed by atoms with Crippen molar-refractivity contribution in [3.63, 3.8) is 0 Å². The molecule has 0 saturated carbocycles. The zero-order valence-electron chi connectivity index (χ0n) is 15.8. The Morgan fingerprint density at radius 3 is 2.48 bits per heavy atom. The van der Waals surface area contributed by atoms with Crippen LogP contribution in [-0.2, 0) is 10.0 Å². The first-order chi connectivity index (χ1) is 12.9. The molecule has 0 aliphatic carbocycles. The van der Waals surface area contributed by atoms with Crippen LogP contribution in [-0.4, -0.2) is 31.8 Å². The van der Waals surface area contributed by atoms with Gasteiger partial charge in [0.15, 0.2) is 0 Å². The maximum Gasteiger partial charge on any atom is 0.261 e. The maximum atomic E-state index is 12.8. The van der Waals surface area contributed by atoms with E-state index in [-0.39, 0.29) is 16.8 Å². The van der Waals surface area contributed by atoms with Gasteiger partial charge in [0.2, 0.25) is 0 Å². The van der Waals surface area contributed by atoms with Crippen molar-refractivity contribution in [3.8, 4) is 0 Å². The number of benzene rings is 2. The zero-order valence-corrected chi connectivity index (χ0v) is 16.6. The predicted octanol–water partition coefficient (Wildman–Crippen LogP) is 4.20. The van der Waals surface area contributed by atoms with Crippen molar-refractivity contribution in [1.82, 2.24) is 4.90 Å². The van der Waals surface area contributed by atoms with Crippen molar-refractivity contribution in [1.29, 1.82) is 0 Å². The molecule has 3 rings (SSSR count). The number of sulfonamides is 1. The highest BCUT2D eigenvalue weighted by Gasteiger charge is 2.26. The van der Waals surface area contributed by atoms with Gasteiger partial charge in [0.1, 0.15) is 0 Å². The molecule has 2 aromatic carbocycles. The van der Waals surface area contributed by atoms with E-state index in [9.17, 15) is 13.2 Å². The van der Waals surface area contributed by atoms with Crippen LogP contribution in [0, 0.1) is 6.92 Å². The molecule has 0 radical (unpaired) electrons. The fourth-order valence-electron chi connectivity index (χ4n) is 3.53. The molecule has 1 saturated heterocycles. The highest BCUT2D eigenvalue weighted by molar-refractivity contribution is 7.92. The van der Waals surface area contributed by atoms with Crippen molar-refractivity contribution in [3.05, 3.63) is 59.7 Å². The molecule has 2 aromatic rings. The number of nitrogens with one attached hydrogen (secondary N) is 1. The number of hydrogen-bond donors (Lipinski definition) is 1. The van der Waals surface area contributed by atoms with E-state index in [1.165, 1.54) is 12.1 Å². The average Bonchev–Trinajstić information content (AvgIpc) is 2.69. The molecule has 0 bridgehead atoms. The van der Waals surface area contributed by atoms with Crippen LogP contribution in [0.4, 0.5) is 5.69 Å². The highest BCUT2D eigenvalue weighted by atomic mass is 32.2. The lowest BCUT2D eigenvalue weighted by atomic mass is 9.99. The lowest BCUT2D eigenvalue weighted by Gasteiger charge is -2.35. The Balaban J connectivity index is 1.78. The summed E-state index contributed by atoms with van der Waals surface area (Å²) in [5, 5.41) is 0. The number of aryl methyl sites for hydroxylation is 1. The standard InChI is InChI=1S/C21H26N2O3S/c1-3-18-9-6-7-15-23(18)21(24)17-11-13-19(14-12-17)27(25,26)22-20-10-5-4-8-16(20)2/h4-5,8,10-14,18,22H,3,6-7,9,15H2,1-2H3. The third-order valence-corrected chi connectivity index (χ3v) is 6.54. The first kappa shape index (κ1) is 19.4. The summed E-state index contributed by atoms with van der Waals surface area (Å²) in [4.78, 5) is 14.9. The van der Waals surface area contributed by atoms with Crippen LogP contribution in [0.1, 0.15) is 48.5 Å². The second kappa shape index (κ2) is 8.13. The Kier molecular flexibility index (Phi) is 5.85. The number of amides is 1. The van der Waals surface area contributed by atoms with Gasteiger partial charge in [-0.2, -0.15) is 0 Å². The molecule has 144 valence electrons. The lowest BCUT2D eigenvalue weighted by Crippen LogP contribution is -2.43. The fraction of sp³-hybridized carbons (Fsp3) is 0.381. The monoisotopic (exact) mass is 386 g/mol. The Bertz CT molecular complexity index is 907. The summed E-state index contributed by atoms with van der Waals surface area (Å²) in [6.45, 7) is 4.72. The van der Waals surface area contributed by atoms with Crippen LogP contribution >= 0.6 is 0 Å². The molecule has 1 N–H and O–H groups in total. The van der Waals surface area contributed by atoms with E-state index in [1.54, 1.807) is 24.3 Å². The van der Waals surface area contributed by atoms with Crippen molar-refractivity contribution in [2.45, 2.75) is 50.5 Å². The minimum Gasteiger partial charge on any atom is -0.336 e. The molecule has 0 aromatic heterocycles. The third kappa shape index (κ3) is 4.33. The number of piperidine rings is 1. The molecule has 1 aliphatic heterocycles. The number of rotatable bonds is 5.